The molecule has 1 N–H and O–H groups in total. The van der Waals surface area contributed by atoms with Gasteiger partial charge in [-0.2, -0.15) is 0 Å². The van der Waals surface area contributed by atoms with Gasteiger partial charge in [0.15, 0.2) is 0 Å². The van der Waals surface area contributed by atoms with Crippen molar-refractivity contribution < 1.29 is 14.3 Å². The smallest absolute Gasteiger partial charge is 0.254 e. The molecule has 0 saturated carbocycles. The number of aromatic nitrogens is 1. The zero-order valence-electron chi connectivity index (χ0n) is 16.8. The highest BCUT2D eigenvalue weighted by atomic mass is 16.5. The van der Waals surface area contributed by atoms with Gasteiger partial charge in [0.2, 0.25) is 5.91 Å². The van der Waals surface area contributed by atoms with E-state index in [2.05, 4.69) is 10.3 Å². The molecule has 29 heavy (non-hydrogen) atoms. The molecular weight excluding hydrogens is 368 g/mol. The summed E-state index contributed by atoms with van der Waals surface area (Å²) in [6, 6.07) is 11.1. The third kappa shape index (κ3) is 4.16. The summed E-state index contributed by atoms with van der Waals surface area (Å²) in [5, 5.41) is 2.95. The van der Waals surface area contributed by atoms with Crippen LogP contribution in [0.4, 0.5) is 0 Å². The number of hydrogen-bond acceptors (Lipinski definition) is 5. The Morgan fingerprint density at radius 2 is 2.07 bits per heavy atom. The van der Waals surface area contributed by atoms with Crippen LogP contribution < -0.4 is 5.32 Å². The van der Waals surface area contributed by atoms with Crippen molar-refractivity contribution >= 4 is 11.8 Å². The van der Waals surface area contributed by atoms with E-state index in [0.29, 0.717) is 38.3 Å². The summed E-state index contributed by atoms with van der Waals surface area (Å²) in [5.41, 5.74) is 2.35. The number of likely N-dealkylation sites (tertiary alicyclic amines) is 1. The van der Waals surface area contributed by atoms with Crippen LogP contribution >= 0.6 is 0 Å². The number of rotatable bonds is 4. The van der Waals surface area contributed by atoms with Gasteiger partial charge in [-0.05, 0) is 37.7 Å². The molecule has 1 aromatic carbocycles. The average molecular weight is 394 g/mol. The molecular formula is C22H26N4O3. The largest absolute Gasteiger partial charge is 0.368 e. The van der Waals surface area contributed by atoms with Crippen molar-refractivity contribution in [1.29, 1.82) is 0 Å². The molecule has 1 spiro atoms. The SMILES string of the molecule is Cc1cccc(C(=O)N2CC3(C2)CN(C)C(C(=O)NCc2cccnc2)CO3)c1. The Kier molecular flexibility index (Phi) is 5.34. The lowest BCUT2D eigenvalue weighted by molar-refractivity contribution is -0.187. The van der Waals surface area contributed by atoms with Crippen LogP contribution in [0.3, 0.4) is 0 Å². The van der Waals surface area contributed by atoms with E-state index < -0.39 is 0 Å². The third-order valence-electron chi connectivity index (χ3n) is 5.62. The summed E-state index contributed by atoms with van der Waals surface area (Å²) in [7, 11) is 1.93. The second-order valence-corrected chi connectivity index (χ2v) is 8.03. The number of aryl methyl sites for hydroxylation is 1. The summed E-state index contributed by atoms with van der Waals surface area (Å²) in [6.07, 6.45) is 3.45. The maximum atomic E-state index is 12.7. The first-order valence-electron chi connectivity index (χ1n) is 9.83. The number of carbonyl (C=O) groups is 2. The molecule has 2 aliphatic heterocycles. The molecule has 1 aromatic heterocycles. The minimum atomic E-state index is -0.381. The number of nitrogens with one attached hydrogen (secondary N) is 1. The van der Waals surface area contributed by atoms with Crippen molar-refractivity contribution in [2.24, 2.45) is 0 Å². The second kappa shape index (κ2) is 7.93. The highest BCUT2D eigenvalue weighted by Crippen LogP contribution is 2.31. The molecule has 2 saturated heterocycles. The molecule has 7 nitrogen and oxygen atoms in total. The summed E-state index contributed by atoms with van der Waals surface area (Å²) in [4.78, 5) is 33.1. The van der Waals surface area contributed by atoms with E-state index >= 15 is 0 Å². The van der Waals surface area contributed by atoms with Gasteiger partial charge in [-0.1, -0.05) is 23.8 Å². The van der Waals surface area contributed by atoms with Crippen molar-refractivity contribution in [3.63, 3.8) is 0 Å². The van der Waals surface area contributed by atoms with E-state index in [9.17, 15) is 9.59 Å². The zero-order valence-corrected chi connectivity index (χ0v) is 16.8. The lowest BCUT2D eigenvalue weighted by Crippen LogP contribution is -2.73. The molecule has 2 aromatic rings. The third-order valence-corrected chi connectivity index (χ3v) is 5.62. The van der Waals surface area contributed by atoms with Crippen molar-refractivity contribution in [1.82, 2.24) is 20.1 Å². The molecule has 0 radical (unpaired) electrons. The highest BCUT2D eigenvalue weighted by molar-refractivity contribution is 5.95. The van der Waals surface area contributed by atoms with E-state index in [0.717, 1.165) is 11.1 Å². The molecule has 2 aliphatic rings. The number of carbonyl (C=O) groups excluding carboxylic acids is 2. The van der Waals surface area contributed by atoms with Crippen LogP contribution in [-0.4, -0.2) is 71.5 Å². The molecule has 0 aliphatic carbocycles. The van der Waals surface area contributed by atoms with Crippen molar-refractivity contribution in [3.05, 3.63) is 65.5 Å². The van der Waals surface area contributed by atoms with Crippen LogP contribution in [0.2, 0.25) is 0 Å². The van der Waals surface area contributed by atoms with Gasteiger partial charge in [-0.25, -0.2) is 0 Å². The Bertz CT molecular complexity index is 896. The molecule has 3 heterocycles. The highest BCUT2D eigenvalue weighted by Gasteiger charge is 2.51. The van der Waals surface area contributed by atoms with E-state index in [1.54, 1.807) is 12.4 Å². The number of amides is 2. The van der Waals surface area contributed by atoms with Crippen molar-refractivity contribution in [2.75, 3.05) is 33.3 Å². The molecule has 152 valence electrons. The quantitative estimate of drug-likeness (QED) is 0.844. The van der Waals surface area contributed by atoms with Crippen molar-refractivity contribution in [2.45, 2.75) is 25.1 Å². The average Bonchev–Trinajstić information content (AvgIpc) is 2.70. The standard InChI is InChI=1S/C22H26N4O3/c1-16-5-3-7-18(9-16)21(28)26-14-22(15-26)13-25(2)19(12-29-22)20(27)24-11-17-6-4-8-23-10-17/h3-10,19H,11-15H2,1-2H3,(H,24,27). The lowest BCUT2D eigenvalue weighted by atomic mass is 9.90. The van der Waals surface area contributed by atoms with Gasteiger partial charge in [-0.15, -0.1) is 0 Å². The Morgan fingerprint density at radius 3 is 2.76 bits per heavy atom. The lowest BCUT2D eigenvalue weighted by Gasteiger charge is -2.54. The number of likely N-dealkylation sites (N-methyl/N-ethyl adjacent to an activating group) is 1. The van der Waals surface area contributed by atoms with E-state index in [4.69, 9.17) is 4.74 Å². The predicted molar refractivity (Wildman–Crippen MR) is 108 cm³/mol. The van der Waals surface area contributed by atoms with Crippen LogP contribution in [0.15, 0.2) is 48.8 Å². The molecule has 1 unspecified atom stereocenters. The van der Waals surface area contributed by atoms with Crippen LogP contribution in [0.25, 0.3) is 0 Å². The topological polar surface area (TPSA) is 74.8 Å². The first-order valence-corrected chi connectivity index (χ1v) is 9.83. The monoisotopic (exact) mass is 394 g/mol. The second-order valence-electron chi connectivity index (χ2n) is 8.03. The number of ether oxygens (including phenoxy) is 1. The molecule has 7 heteroatoms. The van der Waals surface area contributed by atoms with Crippen LogP contribution in [-0.2, 0) is 16.1 Å². The predicted octanol–water partition coefficient (Wildman–Crippen LogP) is 1.23. The number of hydrogen-bond donors (Lipinski definition) is 1. The van der Waals surface area contributed by atoms with Crippen molar-refractivity contribution in [3.8, 4) is 0 Å². The Labute approximate surface area is 170 Å². The van der Waals surface area contributed by atoms with E-state index in [-0.39, 0.29) is 23.5 Å². The maximum Gasteiger partial charge on any atom is 0.254 e. The minimum Gasteiger partial charge on any atom is -0.368 e. The van der Waals surface area contributed by atoms with Gasteiger partial charge in [-0.3, -0.25) is 19.5 Å². The fourth-order valence-electron chi connectivity index (χ4n) is 4.02. The van der Waals surface area contributed by atoms with Gasteiger partial charge in [0, 0.05) is 31.0 Å². The van der Waals surface area contributed by atoms with Gasteiger partial charge < -0.3 is 15.0 Å². The van der Waals surface area contributed by atoms with E-state index in [1.807, 2.05) is 60.2 Å². The molecule has 0 bridgehead atoms. The summed E-state index contributed by atoms with van der Waals surface area (Å²) in [5.74, 6) is -0.0277. The summed E-state index contributed by atoms with van der Waals surface area (Å²) >= 11 is 0. The fourth-order valence-corrected chi connectivity index (χ4v) is 4.02. The van der Waals surface area contributed by atoms with Crippen LogP contribution in [0.1, 0.15) is 21.5 Å². The van der Waals surface area contributed by atoms with E-state index in [1.165, 1.54) is 0 Å². The number of nitrogens with zero attached hydrogens (tertiary/aromatic N) is 3. The Balaban J connectivity index is 1.29. The number of benzene rings is 1. The number of morpholine rings is 1. The maximum absolute atomic E-state index is 12.7. The molecule has 2 fully saturated rings. The van der Waals surface area contributed by atoms with Crippen LogP contribution in [0, 0.1) is 6.92 Å². The first kappa shape index (κ1) is 19.5. The normalized spacial score (nSPS) is 20.9. The molecule has 1 atom stereocenters. The molecule has 2 amide bonds. The van der Waals surface area contributed by atoms with Gasteiger partial charge in [0.1, 0.15) is 11.6 Å². The van der Waals surface area contributed by atoms with Gasteiger partial charge >= 0.3 is 0 Å². The minimum absolute atomic E-state index is 0.0296. The molecule has 4 rings (SSSR count). The summed E-state index contributed by atoms with van der Waals surface area (Å²) < 4.78 is 6.09. The zero-order chi connectivity index (χ0) is 20.4. The van der Waals surface area contributed by atoms with Gasteiger partial charge in [0.05, 0.1) is 19.7 Å². The van der Waals surface area contributed by atoms with Crippen LogP contribution in [0.5, 0.6) is 0 Å². The first-order chi connectivity index (χ1) is 14.0. The number of pyridine rings is 1. The fraction of sp³-hybridized carbons (Fsp3) is 0.409. The summed E-state index contributed by atoms with van der Waals surface area (Å²) in [6.45, 7) is 4.47. The Morgan fingerprint density at radius 1 is 1.24 bits per heavy atom. The Hall–Kier alpha value is -2.77. The van der Waals surface area contributed by atoms with Gasteiger partial charge in [0.25, 0.3) is 5.91 Å².